The largest absolute Gasteiger partial charge is 0.309 e. The predicted molar refractivity (Wildman–Crippen MR) is 142 cm³/mol. The summed E-state index contributed by atoms with van der Waals surface area (Å²) in [6.07, 6.45) is 7.11. The Morgan fingerprint density at radius 1 is 0.444 bits per heavy atom. The minimum atomic E-state index is 0.732. The Kier molecular flexibility index (Phi) is 4.67. The Bertz CT molecular complexity index is 1760. The first kappa shape index (κ1) is 20.3. The van der Waals surface area contributed by atoms with Crippen molar-refractivity contribution >= 4 is 21.8 Å². The van der Waals surface area contributed by atoms with Crippen molar-refractivity contribution in [2.24, 2.45) is 0 Å². The van der Waals surface area contributed by atoms with Gasteiger partial charge in [-0.1, -0.05) is 36.4 Å². The van der Waals surface area contributed by atoms with Gasteiger partial charge in [0.05, 0.1) is 16.7 Å². The second-order valence-corrected chi connectivity index (χ2v) is 8.55. The van der Waals surface area contributed by atoms with Gasteiger partial charge in [-0.3, -0.25) is 14.5 Å². The number of fused-ring (bicyclic) bond motifs is 3. The summed E-state index contributed by atoms with van der Waals surface area (Å²) in [4.78, 5) is 8.45. The van der Waals surface area contributed by atoms with E-state index in [0.29, 0.717) is 0 Å². The highest BCUT2D eigenvalue weighted by atomic mass is 15.3. The summed E-state index contributed by atoms with van der Waals surface area (Å²) < 4.78 is 4.36. The summed E-state index contributed by atoms with van der Waals surface area (Å²) in [7, 11) is 0. The van der Waals surface area contributed by atoms with Crippen molar-refractivity contribution in [1.82, 2.24) is 29.3 Å². The zero-order chi connectivity index (χ0) is 23.9. The van der Waals surface area contributed by atoms with E-state index >= 15 is 0 Å². The number of pyridine rings is 2. The normalized spacial score (nSPS) is 11.3. The lowest BCUT2D eigenvalue weighted by Crippen LogP contribution is -2.01. The van der Waals surface area contributed by atoms with Crippen LogP contribution in [0.4, 0.5) is 0 Å². The van der Waals surface area contributed by atoms with Crippen molar-refractivity contribution < 1.29 is 0 Å². The zero-order valence-corrected chi connectivity index (χ0v) is 19.2. The van der Waals surface area contributed by atoms with Crippen LogP contribution in [0.25, 0.3) is 56.0 Å². The molecule has 0 N–H and O–H groups in total. The third kappa shape index (κ3) is 3.20. The monoisotopic (exact) mass is 464 g/mol. The molecule has 3 aromatic carbocycles. The standard InChI is InChI=1S/C30H20N6/c1-3-9-27-25(7-1)26-8-2-4-10-28(26)35(27)23-13-11-21(12-14-23)29-33-34-30(22-6-5-17-32-20-22)36(29)24-15-18-31-19-16-24/h1-20H. The van der Waals surface area contributed by atoms with Crippen LogP contribution in [-0.2, 0) is 0 Å². The topological polar surface area (TPSA) is 61.4 Å². The van der Waals surface area contributed by atoms with E-state index in [1.54, 1.807) is 24.8 Å². The van der Waals surface area contributed by atoms with Gasteiger partial charge < -0.3 is 4.57 Å². The molecule has 4 aromatic heterocycles. The van der Waals surface area contributed by atoms with Crippen molar-refractivity contribution in [3.63, 3.8) is 0 Å². The third-order valence-electron chi connectivity index (χ3n) is 6.47. The molecule has 0 atom stereocenters. The molecule has 7 rings (SSSR count). The molecule has 0 aliphatic rings. The fourth-order valence-corrected chi connectivity index (χ4v) is 4.85. The van der Waals surface area contributed by atoms with Crippen LogP contribution in [0.1, 0.15) is 0 Å². The molecule has 4 heterocycles. The number of nitrogens with zero attached hydrogens (tertiary/aromatic N) is 6. The Labute approximate surface area is 207 Å². The molecule has 0 aliphatic carbocycles. The highest BCUT2D eigenvalue weighted by Crippen LogP contribution is 2.33. The van der Waals surface area contributed by atoms with E-state index < -0.39 is 0 Å². The van der Waals surface area contributed by atoms with Gasteiger partial charge in [0.15, 0.2) is 11.6 Å². The van der Waals surface area contributed by atoms with Crippen molar-refractivity contribution in [2.45, 2.75) is 0 Å². The summed E-state index contributed by atoms with van der Waals surface area (Å²) in [5, 5.41) is 11.6. The molecule has 6 heteroatoms. The molecule has 0 aliphatic heterocycles. The number of aromatic nitrogens is 6. The van der Waals surface area contributed by atoms with Gasteiger partial charge in [-0.25, -0.2) is 0 Å². The van der Waals surface area contributed by atoms with Crippen LogP contribution in [0.3, 0.4) is 0 Å². The average Bonchev–Trinajstić information content (AvgIpc) is 3.54. The molecule has 0 bridgehead atoms. The van der Waals surface area contributed by atoms with Crippen LogP contribution >= 0.6 is 0 Å². The van der Waals surface area contributed by atoms with E-state index in [2.05, 4.69) is 97.5 Å². The molecular weight excluding hydrogens is 444 g/mol. The van der Waals surface area contributed by atoms with Crippen molar-refractivity contribution in [1.29, 1.82) is 0 Å². The SMILES string of the molecule is c1cncc(-c2nnc(-c3ccc(-n4c5ccccc5c5ccccc54)cc3)n2-c2ccncc2)c1. The molecule has 0 saturated carbocycles. The number of hydrogen-bond acceptors (Lipinski definition) is 4. The highest BCUT2D eigenvalue weighted by Gasteiger charge is 2.18. The smallest absolute Gasteiger partial charge is 0.170 e. The minimum Gasteiger partial charge on any atom is -0.309 e. The Balaban J connectivity index is 1.39. The molecule has 0 unspecified atom stereocenters. The van der Waals surface area contributed by atoms with Crippen LogP contribution in [0, 0.1) is 0 Å². The summed E-state index contributed by atoms with van der Waals surface area (Å²) in [5.74, 6) is 1.49. The Hall–Kier alpha value is -5.10. The van der Waals surface area contributed by atoms with Crippen molar-refractivity contribution in [3.8, 4) is 34.2 Å². The maximum atomic E-state index is 4.59. The molecule has 0 spiro atoms. The van der Waals surface area contributed by atoms with Gasteiger partial charge in [0.2, 0.25) is 0 Å². The first-order chi connectivity index (χ1) is 17.9. The minimum absolute atomic E-state index is 0.732. The van der Waals surface area contributed by atoms with Crippen molar-refractivity contribution in [3.05, 3.63) is 122 Å². The molecule has 0 fully saturated rings. The number of benzene rings is 3. The van der Waals surface area contributed by atoms with Gasteiger partial charge in [0, 0.05) is 52.4 Å². The lowest BCUT2D eigenvalue weighted by Gasteiger charge is -2.12. The molecule has 7 aromatic rings. The van der Waals surface area contributed by atoms with Crippen LogP contribution in [0.5, 0.6) is 0 Å². The summed E-state index contributed by atoms with van der Waals surface area (Å²) in [6.45, 7) is 0. The van der Waals surface area contributed by atoms with Crippen LogP contribution in [0.15, 0.2) is 122 Å². The lowest BCUT2D eigenvalue weighted by atomic mass is 10.1. The van der Waals surface area contributed by atoms with Gasteiger partial charge in [-0.05, 0) is 60.7 Å². The molecule has 0 amide bonds. The van der Waals surface area contributed by atoms with E-state index in [1.807, 2.05) is 28.8 Å². The molecule has 0 radical (unpaired) electrons. The van der Waals surface area contributed by atoms with Gasteiger partial charge >= 0.3 is 0 Å². The summed E-state index contributed by atoms with van der Waals surface area (Å²) in [5.41, 5.74) is 6.28. The third-order valence-corrected chi connectivity index (χ3v) is 6.47. The van der Waals surface area contributed by atoms with Gasteiger partial charge in [-0.15, -0.1) is 10.2 Å². The molecule has 36 heavy (non-hydrogen) atoms. The summed E-state index contributed by atoms with van der Waals surface area (Å²) >= 11 is 0. The molecule has 0 saturated heterocycles. The van der Waals surface area contributed by atoms with Crippen molar-refractivity contribution in [2.75, 3.05) is 0 Å². The van der Waals surface area contributed by atoms with Gasteiger partial charge in [0.1, 0.15) is 0 Å². The lowest BCUT2D eigenvalue weighted by molar-refractivity contribution is 1.06. The number of rotatable bonds is 4. The number of hydrogen-bond donors (Lipinski definition) is 0. The first-order valence-corrected chi connectivity index (χ1v) is 11.7. The summed E-state index contributed by atoms with van der Waals surface area (Å²) in [6, 6.07) is 33.4. The van der Waals surface area contributed by atoms with E-state index in [-0.39, 0.29) is 0 Å². The van der Waals surface area contributed by atoms with E-state index in [9.17, 15) is 0 Å². The Morgan fingerprint density at radius 2 is 1.06 bits per heavy atom. The van der Waals surface area contributed by atoms with E-state index in [4.69, 9.17) is 0 Å². The molecular formula is C30H20N6. The predicted octanol–water partition coefficient (Wildman–Crippen LogP) is 6.49. The molecule has 170 valence electrons. The van der Waals surface area contributed by atoms with Crippen LogP contribution in [-0.4, -0.2) is 29.3 Å². The average molecular weight is 465 g/mol. The fraction of sp³-hybridized carbons (Fsp3) is 0. The number of para-hydroxylation sites is 2. The zero-order valence-electron chi connectivity index (χ0n) is 19.2. The van der Waals surface area contributed by atoms with E-state index in [0.717, 1.165) is 34.2 Å². The second-order valence-electron chi connectivity index (χ2n) is 8.55. The van der Waals surface area contributed by atoms with Crippen LogP contribution in [0.2, 0.25) is 0 Å². The van der Waals surface area contributed by atoms with Gasteiger partial charge in [-0.2, -0.15) is 0 Å². The van der Waals surface area contributed by atoms with Gasteiger partial charge in [0.25, 0.3) is 0 Å². The highest BCUT2D eigenvalue weighted by molar-refractivity contribution is 6.09. The Morgan fingerprint density at radius 3 is 1.69 bits per heavy atom. The maximum absolute atomic E-state index is 4.59. The quantitative estimate of drug-likeness (QED) is 0.299. The maximum Gasteiger partial charge on any atom is 0.170 e. The van der Waals surface area contributed by atoms with E-state index in [1.165, 1.54) is 21.8 Å². The first-order valence-electron chi connectivity index (χ1n) is 11.7. The second kappa shape index (κ2) is 8.29. The fourth-order valence-electron chi connectivity index (χ4n) is 4.85. The van der Waals surface area contributed by atoms with Crippen LogP contribution < -0.4 is 0 Å². The molecule has 6 nitrogen and oxygen atoms in total.